The molecule has 3 aromatic carbocycles. The van der Waals surface area contributed by atoms with Gasteiger partial charge < -0.3 is 18.9 Å². The summed E-state index contributed by atoms with van der Waals surface area (Å²) < 4.78 is 23.8. The largest absolute Gasteiger partial charge is 0.487 e. The monoisotopic (exact) mass is 480 g/mol. The number of hydrogen-bond acceptors (Lipinski definition) is 6. The number of nitrogens with zero attached hydrogens (tertiary/aromatic N) is 2. The van der Waals surface area contributed by atoms with Gasteiger partial charge in [0.25, 0.3) is 0 Å². The Labute approximate surface area is 211 Å². The van der Waals surface area contributed by atoms with Crippen LogP contribution < -0.4 is 9.47 Å². The second-order valence-electron chi connectivity index (χ2n) is 8.40. The molecule has 1 aromatic heterocycles. The minimum atomic E-state index is -0.813. The zero-order valence-corrected chi connectivity index (χ0v) is 20.3. The van der Waals surface area contributed by atoms with Crippen LogP contribution in [-0.4, -0.2) is 30.8 Å². The molecule has 0 bridgehead atoms. The van der Waals surface area contributed by atoms with Gasteiger partial charge in [-0.3, -0.25) is 0 Å². The zero-order valence-electron chi connectivity index (χ0n) is 20.3. The van der Waals surface area contributed by atoms with E-state index in [4.69, 9.17) is 18.9 Å². The first-order valence-corrected chi connectivity index (χ1v) is 11.9. The standard InChI is InChI=1S/C30H28N2O4/c1-33-28-26(20-31-29(32-28)34-2)27-19-18-25(36-27)21-35-30(22-12-6-3-7-13-22,23-14-8-4-9-15-23)24-16-10-5-11-17-24/h3-18,20,27H,19,21H2,1-2H3/t27-/m0/s1. The molecule has 0 spiro atoms. The van der Waals surface area contributed by atoms with Crippen LogP contribution in [0.2, 0.25) is 0 Å². The highest BCUT2D eigenvalue weighted by atomic mass is 16.5. The Morgan fingerprint density at radius 2 is 1.36 bits per heavy atom. The fourth-order valence-corrected chi connectivity index (χ4v) is 4.59. The first-order chi connectivity index (χ1) is 17.7. The van der Waals surface area contributed by atoms with Gasteiger partial charge in [-0.25, -0.2) is 4.98 Å². The predicted octanol–water partition coefficient (Wildman–Crippen LogP) is 5.85. The van der Waals surface area contributed by atoms with E-state index in [9.17, 15) is 0 Å². The maximum atomic E-state index is 6.87. The van der Waals surface area contributed by atoms with Gasteiger partial charge >= 0.3 is 6.01 Å². The topological polar surface area (TPSA) is 62.7 Å². The first-order valence-electron chi connectivity index (χ1n) is 11.9. The summed E-state index contributed by atoms with van der Waals surface area (Å²) in [6, 6.07) is 31.2. The van der Waals surface area contributed by atoms with E-state index in [2.05, 4.69) is 52.4 Å². The number of rotatable bonds is 9. The van der Waals surface area contributed by atoms with Crippen LogP contribution in [0, 0.1) is 0 Å². The van der Waals surface area contributed by atoms with Crippen molar-refractivity contribution in [2.75, 3.05) is 20.8 Å². The summed E-state index contributed by atoms with van der Waals surface area (Å²) >= 11 is 0. The Morgan fingerprint density at radius 3 is 1.86 bits per heavy atom. The highest BCUT2D eigenvalue weighted by Gasteiger charge is 2.38. The quantitative estimate of drug-likeness (QED) is 0.280. The molecule has 5 rings (SSSR count). The molecule has 1 aliphatic rings. The van der Waals surface area contributed by atoms with E-state index < -0.39 is 5.60 Å². The van der Waals surface area contributed by atoms with E-state index in [-0.39, 0.29) is 18.7 Å². The molecule has 0 amide bonds. The van der Waals surface area contributed by atoms with Gasteiger partial charge in [-0.2, -0.15) is 4.98 Å². The predicted molar refractivity (Wildman–Crippen MR) is 137 cm³/mol. The van der Waals surface area contributed by atoms with E-state index in [0.29, 0.717) is 12.3 Å². The number of aromatic nitrogens is 2. The van der Waals surface area contributed by atoms with Crippen molar-refractivity contribution in [2.45, 2.75) is 18.1 Å². The Bertz CT molecular complexity index is 1210. The van der Waals surface area contributed by atoms with Gasteiger partial charge in [-0.1, -0.05) is 91.0 Å². The SMILES string of the molecule is COc1ncc([C@@H]2CC=C(COC(c3ccccc3)(c3ccccc3)c3ccccc3)O2)c(OC)n1. The molecule has 4 aromatic rings. The summed E-state index contributed by atoms with van der Waals surface area (Å²) in [6.07, 6.45) is 4.15. The zero-order chi connectivity index (χ0) is 24.8. The molecule has 2 heterocycles. The summed E-state index contributed by atoms with van der Waals surface area (Å²) in [5.74, 6) is 1.19. The third-order valence-electron chi connectivity index (χ3n) is 6.31. The number of methoxy groups -OCH3 is 2. The van der Waals surface area contributed by atoms with Crippen molar-refractivity contribution in [1.29, 1.82) is 0 Å². The number of hydrogen-bond donors (Lipinski definition) is 0. The lowest BCUT2D eigenvalue weighted by atomic mass is 9.80. The van der Waals surface area contributed by atoms with Crippen LogP contribution in [-0.2, 0) is 15.1 Å². The molecule has 0 saturated carbocycles. The second kappa shape index (κ2) is 10.6. The normalized spacial score (nSPS) is 15.2. The van der Waals surface area contributed by atoms with Crippen molar-refractivity contribution in [1.82, 2.24) is 9.97 Å². The Hall–Kier alpha value is -4.16. The van der Waals surface area contributed by atoms with Crippen molar-refractivity contribution in [3.8, 4) is 11.9 Å². The van der Waals surface area contributed by atoms with Gasteiger partial charge in [-0.15, -0.1) is 0 Å². The lowest BCUT2D eigenvalue weighted by Gasteiger charge is -2.36. The van der Waals surface area contributed by atoms with E-state index >= 15 is 0 Å². The summed E-state index contributed by atoms with van der Waals surface area (Å²) in [6.45, 7) is 0.286. The molecule has 0 unspecified atom stereocenters. The highest BCUT2D eigenvalue weighted by Crippen LogP contribution is 2.42. The smallest absolute Gasteiger partial charge is 0.319 e. The first kappa shape index (κ1) is 23.6. The molecule has 0 radical (unpaired) electrons. The minimum Gasteiger partial charge on any atom is -0.487 e. The molecule has 6 heteroatoms. The van der Waals surface area contributed by atoms with Gasteiger partial charge in [0.15, 0.2) is 0 Å². The lowest BCUT2D eigenvalue weighted by Crippen LogP contribution is -2.33. The van der Waals surface area contributed by atoms with Gasteiger partial charge in [-0.05, 0) is 22.8 Å². The molecule has 0 saturated heterocycles. The van der Waals surface area contributed by atoms with Gasteiger partial charge in [0.05, 0.1) is 19.8 Å². The Kier molecular flexibility index (Phi) is 6.96. The van der Waals surface area contributed by atoms with Crippen LogP contribution >= 0.6 is 0 Å². The summed E-state index contributed by atoms with van der Waals surface area (Å²) in [4.78, 5) is 8.53. The minimum absolute atomic E-state index is 0.253. The van der Waals surface area contributed by atoms with Gasteiger partial charge in [0.1, 0.15) is 24.1 Å². The molecular weight excluding hydrogens is 452 g/mol. The Morgan fingerprint density at radius 1 is 0.806 bits per heavy atom. The van der Waals surface area contributed by atoms with Crippen LogP contribution in [0.1, 0.15) is 34.8 Å². The van der Waals surface area contributed by atoms with Crippen molar-refractivity contribution >= 4 is 0 Å². The second-order valence-corrected chi connectivity index (χ2v) is 8.40. The van der Waals surface area contributed by atoms with Crippen LogP contribution in [0.3, 0.4) is 0 Å². The summed E-state index contributed by atoms with van der Waals surface area (Å²) in [5.41, 5.74) is 3.09. The third kappa shape index (κ3) is 4.55. The summed E-state index contributed by atoms with van der Waals surface area (Å²) in [7, 11) is 3.10. The van der Waals surface area contributed by atoms with Gasteiger partial charge in [0.2, 0.25) is 5.88 Å². The molecule has 1 atom stereocenters. The van der Waals surface area contributed by atoms with Crippen LogP contribution in [0.5, 0.6) is 11.9 Å². The van der Waals surface area contributed by atoms with Crippen molar-refractivity contribution in [3.63, 3.8) is 0 Å². The van der Waals surface area contributed by atoms with E-state index in [0.717, 1.165) is 28.0 Å². The number of benzene rings is 3. The highest BCUT2D eigenvalue weighted by molar-refractivity contribution is 5.47. The molecule has 36 heavy (non-hydrogen) atoms. The molecule has 182 valence electrons. The molecular formula is C30H28N2O4. The Balaban J connectivity index is 1.45. The maximum Gasteiger partial charge on any atom is 0.319 e. The molecule has 6 nitrogen and oxygen atoms in total. The van der Waals surface area contributed by atoms with Crippen LogP contribution in [0.4, 0.5) is 0 Å². The molecule has 1 aliphatic heterocycles. The fraction of sp³-hybridized carbons (Fsp3) is 0.200. The molecule has 0 fully saturated rings. The van der Waals surface area contributed by atoms with Crippen molar-refractivity contribution in [3.05, 3.63) is 131 Å². The maximum absolute atomic E-state index is 6.87. The van der Waals surface area contributed by atoms with E-state index in [1.54, 1.807) is 13.3 Å². The van der Waals surface area contributed by atoms with Crippen LogP contribution in [0.25, 0.3) is 0 Å². The molecule has 0 N–H and O–H groups in total. The fourth-order valence-electron chi connectivity index (χ4n) is 4.59. The van der Waals surface area contributed by atoms with E-state index in [1.165, 1.54) is 7.11 Å². The molecule has 0 aliphatic carbocycles. The average molecular weight is 481 g/mol. The van der Waals surface area contributed by atoms with Crippen LogP contribution in [0.15, 0.2) is 109 Å². The lowest BCUT2D eigenvalue weighted by molar-refractivity contribution is -0.00164. The average Bonchev–Trinajstić information content (AvgIpc) is 3.43. The van der Waals surface area contributed by atoms with Crippen molar-refractivity contribution < 1.29 is 18.9 Å². The van der Waals surface area contributed by atoms with Gasteiger partial charge in [0, 0.05) is 12.6 Å². The summed E-state index contributed by atoms with van der Waals surface area (Å²) in [5, 5.41) is 0. The van der Waals surface area contributed by atoms with E-state index in [1.807, 2.05) is 54.6 Å². The third-order valence-corrected chi connectivity index (χ3v) is 6.31. The van der Waals surface area contributed by atoms with Crippen molar-refractivity contribution in [2.24, 2.45) is 0 Å². The number of ether oxygens (including phenoxy) is 4.